The number of benzene rings is 2. The minimum atomic E-state index is -4.41. The van der Waals surface area contributed by atoms with Crippen LogP contribution < -0.4 is 10.6 Å². The van der Waals surface area contributed by atoms with Gasteiger partial charge in [-0.1, -0.05) is 29.8 Å². The molecular weight excluding hydrogens is 465 g/mol. The molecule has 0 saturated carbocycles. The van der Waals surface area contributed by atoms with Crippen LogP contribution in [-0.4, -0.2) is 21.7 Å². The van der Waals surface area contributed by atoms with Gasteiger partial charge in [-0.2, -0.15) is 18.3 Å². The molecular formula is C25H26ClF3N4O. The number of anilines is 1. The highest BCUT2D eigenvalue weighted by Crippen LogP contribution is 2.41. The van der Waals surface area contributed by atoms with Crippen LogP contribution in [0.5, 0.6) is 0 Å². The maximum Gasteiger partial charge on any atom is 0.416 e. The molecule has 1 aliphatic rings. The van der Waals surface area contributed by atoms with Crippen LogP contribution in [0.25, 0.3) is 0 Å². The summed E-state index contributed by atoms with van der Waals surface area (Å²) < 4.78 is 41.0. The zero-order chi connectivity index (χ0) is 24.7. The summed E-state index contributed by atoms with van der Waals surface area (Å²) in [4.78, 5) is 13.0. The summed E-state index contributed by atoms with van der Waals surface area (Å²) in [5, 5.41) is 11.4. The van der Waals surface area contributed by atoms with Gasteiger partial charge in [-0.3, -0.25) is 14.8 Å². The Balaban J connectivity index is 1.62. The number of rotatable bonds is 4. The molecule has 1 aromatic heterocycles. The van der Waals surface area contributed by atoms with Gasteiger partial charge in [0, 0.05) is 28.9 Å². The Morgan fingerprint density at radius 2 is 1.82 bits per heavy atom. The molecule has 0 bridgehead atoms. The van der Waals surface area contributed by atoms with E-state index in [4.69, 9.17) is 16.7 Å². The zero-order valence-electron chi connectivity index (χ0n) is 19.0. The Morgan fingerprint density at radius 3 is 2.41 bits per heavy atom. The van der Waals surface area contributed by atoms with Crippen LogP contribution in [0.4, 0.5) is 18.9 Å². The third-order valence-corrected chi connectivity index (χ3v) is 6.19. The Bertz CT molecular complexity index is 1170. The first kappa shape index (κ1) is 24.3. The first-order chi connectivity index (χ1) is 15.9. The summed E-state index contributed by atoms with van der Waals surface area (Å²) in [6.45, 7) is 6.10. The lowest BCUT2D eigenvalue weighted by atomic mass is 9.90. The van der Waals surface area contributed by atoms with Crippen molar-refractivity contribution in [1.82, 2.24) is 15.1 Å². The van der Waals surface area contributed by atoms with E-state index in [1.165, 1.54) is 12.1 Å². The van der Waals surface area contributed by atoms with E-state index in [9.17, 15) is 18.0 Å². The molecule has 2 heterocycles. The van der Waals surface area contributed by atoms with Crippen LogP contribution in [-0.2, 0) is 16.5 Å². The minimum absolute atomic E-state index is 0.199. The molecule has 9 heteroatoms. The first-order valence-corrected chi connectivity index (χ1v) is 11.4. The van der Waals surface area contributed by atoms with Gasteiger partial charge in [0.2, 0.25) is 5.91 Å². The normalized spacial score (nSPS) is 21.0. The largest absolute Gasteiger partial charge is 0.416 e. The van der Waals surface area contributed by atoms with E-state index in [1.807, 2.05) is 37.7 Å². The van der Waals surface area contributed by atoms with Crippen LogP contribution >= 0.6 is 11.6 Å². The Morgan fingerprint density at radius 1 is 1.12 bits per heavy atom. The summed E-state index contributed by atoms with van der Waals surface area (Å²) in [5.41, 5.74) is 1.09. The predicted octanol–water partition coefficient (Wildman–Crippen LogP) is 6.14. The van der Waals surface area contributed by atoms with E-state index in [0.717, 1.165) is 17.8 Å². The van der Waals surface area contributed by atoms with Crippen molar-refractivity contribution in [3.63, 3.8) is 0 Å². The number of carbonyl (C=O) groups excluding carboxylic acids is 1. The highest BCUT2D eigenvalue weighted by molar-refractivity contribution is 6.30. The van der Waals surface area contributed by atoms with Crippen LogP contribution in [0.2, 0.25) is 5.02 Å². The molecule has 180 valence electrons. The van der Waals surface area contributed by atoms with Gasteiger partial charge in [0.25, 0.3) is 0 Å². The molecule has 1 amide bonds. The molecule has 1 fully saturated rings. The number of nitrogens with one attached hydrogen (secondary N) is 2. The van der Waals surface area contributed by atoms with Crippen LogP contribution in [0.3, 0.4) is 0 Å². The summed E-state index contributed by atoms with van der Waals surface area (Å²) in [5.74, 6) is -0.438. The molecule has 2 aromatic carbocycles. The van der Waals surface area contributed by atoms with Gasteiger partial charge in [0.05, 0.1) is 22.8 Å². The standard InChI is InChI=1S/C25H26ClF3N4O/c1-24(2,3)33-12-11-20(32-33)19-14-21(23(34)30-18-6-4-5-17(26)13-18)31-22(19)15-7-9-16(10-8-15)25(27,28)29/h4-13,19,21-22,31H,14H2,1-3H3,(H,30,34)/t19-,21+,22+/m1/s1. The molecule has 34 heavy (non-hydrogen) atoms. The molecule has 0 unspecified atom stereocenters. The minimum Gasteiger partial charge on any atom is -0.325 e. The lowest BCUT2D eigenvalue weighted by Crippen LogP contribution is -2.36. The van der Waals surface area contributed by atoms with Crippen LogP contribution in [0.1, 0.15) is 56.0 Å². The van der Waals surface area contributed by atoms with Gasteiger partial charge < -0.3 is 5.32 Å². The average Bonchev–Trinajstić information content (AvgIpc) is 3.41. The van der Waals surface area contributed by atoms with E-state index in [2.05, 4.69) is 10.6 Å². The quantitative estimate of drug-likeness (QED) is 0.462. The molecule has 1 saturated heterocycles. The fourth-order valence-electron chi connectivity index (χ4n) is 4.18. The van der Waals surface area contributed by atoms with E-state index in [1.54, 1.807) is 24.3 Å². The molecule has 5 nitrogen and oxygen atoms in total. The number of hydrogen-bond donors (Lipinski definition) is 2. The predicted molar refractivity (Wildman–Crippen MR) is 126 cm³/mol. The topological polar surface area (TPSA) is 59.0 Å². The van der Waals surface area contributed by atoms with Crippen molar-refractivity contribution < 1.29 is 18.0 Å². The van der Waals surface area contributed by atoms with Gasteiger partial charge in [0.1, 0.15) is 0 Å². The molecule has 3 atom stereocenters. The fraction of sp³-hybridized carbons (Fsp3) is 0.360. The Hall–Kier alpha value is -2.84. The third kappa shape index (κ3) is 5.28. The van der Waals surface area contributed by atoms with Gasteiger partial charge in [-0.25, -0.2) is 0 Å². The number of alkyl halides is 3. The van der Waals surface area contributed by atoms with Crippen molar-refractivity contribution in [2.45, 2.75) is 56.9 Å². The Labute approximate surface area is 201 Å². The van der Waals surface area contributed by atoms with E-state index in [-0.39, 0.29) is 23.4 Å². The van der Waals surface area contributed by atoms with Gasteiger partial charge >= 0.3 is 6.18 Å². The van der Waals surface area contributed by atoms with Crippen molar-refractivity contribution in [3.05, 3.63) is 82.6 Å². The van der Waals surface area contributed by atoms with Gasteiger partial charge in [0.15, 0.2) is 0 Å². The maximum atomic E-state index is 13.1. The lowest BCUT2D eigenvalue weighted by Gasteiger charge is -2.21. The molecule has 0 aliphatic carbocycles. The monoisotopic (exact) mass is 490 g/mol. The van der Waals surface area contributed by atoms with Crippen LogP contribution in [0.15, 0.2) is 60.8 Å². The molecule has 0 spiro atoms. The van der Waals surface area contributed by atoms with Crippen molar-refractivity contribution in [2.75, 3.05) is 5.32 Å². The number of amides is 1. The van der Waals surface area contributed by atoms with Gasteiger partial charge in [-0.05, 0) is 69.2 Å². The summed E-state index contributed by atoms with van der Waals surface area (Å²) in [6, 6.07) is 12.9. The number of carbonyl (C=O) groups is 1. The first-order valence-electron chi connectivity index (χ1n) is 11.0. The van der Waals surface area contributed by atoms with Crippen molar-refractivity contribution in [3.8, 4) is 0 Å². The lowest BCUT2D eigenvalue weighted by molar-refractivity contribution is -0.137. The third-order valence-electron chi connectivity index (χ3n) is 5.96. The maximum absolute atomic E-state index is 13.1. The van der Waals surface area contributed by atoms with Crippen LogP contribution in [0, 0.1) is 0 Å². The zero-order valence-corrected chi connectivity index (χ0v) is 19.8. The summed E-state index contributed by atoms with van der Waals surface area (Å²) in [6.07, 6.45) is -2.08. The molecule has 3 aromatic rings. The average molecular weight is 491 g/mol. The Kier molecular flexibility index (Phi) is 6.48. The SMILES string of the molecule is CC(C)(C)n1ccc([C@H]2C[C@@H](C(=O)Nc3cccc(Cl)c3)N[C@H]2c2ccc(C(F)(F)F)cc2)n1. The van der Waals surface area contributed by atoms with Crippen molar-refractivity contribution in [2.24, 2.45) is 0 Å². The number of hydrogen-bond acceptors (Lipinski definition) is 3. The smallest absolute Gasteiger partial charge is 0.325 e. The molecule has 4 rings (SSSR count). The van der Waals surface area contributed by atoms with E-state index < -0.39 is 17.8 Å². The number of halogens is 4. The molecule has 1 aliphatic heterocycles. The van der Waals surface area contributed by atoms with Crippen molar-refractivity contribution >= 4 is 23.2 Å². The van der Waals surface area contributed by atoms with Gasteiger partial charge in [-0.15, -0.1) is 0 Å². The summed E-state index contributed by atoms with van der Waals surface area (Å²) >= 11 is 6.02. The second-order valence-corrected chi connectivity index (χ2v) is 9.95. The second-order valence-electron chi connectivity index (χ2n) is 9.51. The van der Waals surface area contributed by atoms with Crippen molar-refractivity contribution in [1.29, 1.82) is 0 Å². The molecule has 2 N–H and O–H groups in total. The number of aromatic nitrogens is 2. The fourth-order valence-corrected chi connectivity index (χ4v) is 4.37. The highest BCUT2D eigenvalue weighted by atomic mass is 35.5. The van der Waals surface area contributed by atoms with E-state index in [0.29, 0.717) is 22.7 Å². The number of nitrogens with zero attached hydrogens (tertiary/aromatic N) is 2. The summed E-state index contributed by atoms with van der Waals surface area (Å²) in [7, 11) is 0. The highest BCUT2D eigenvalue weighted by Gasteiger charge is 2.41. The molecule has 0 radical (unpaired) electrons. The van der Waals surface area contributed by atoms with E-state index >= 15 is 0 Å². The second kappa shape index (κ2) is 9.07.